The van der Waals surface area contributed by atoms with Crippen LogP contribution in [-0.2, 0) is 0 Å². The molecule has 0 N–H and O–H groups in total. The van der Waals surface area contributed by atoms with Crippen LogP contribution < -0.4 is 9.64 Å². The Labute approximate surface area is 141 Å². The number of anilines is 1. The van der Waals surface area contributed by atoms with Crippen molar-refractivity contribution in [3.63, 3.8) is 0 Å². The monoisotopic (exact) mass is 330 g/mol. The number of halogens is 1. The lowest BCUT2D eigenvalue weighted by atomic mass is 10.1. The molecule has 4 rings (SSSR count). The van der Waals surface area contributed by atoms with Crippen molar-refractivity contribution in [3.05, 3.63) is 24.3 Å². The van der Waals surface area contributed by atoms with Gasteiger partial charge in [-0.05, 0) is 31.9 Å². The molecule has 5 nitrogen and oxygen atoms in total. The number of hydrogen-bond donors (Lipinski definition) is 0. The summed E-state index contributed by atoms with van der Waals surface area (Å²) in [6, 6.07) is 4.14. The molecule has 2 saturated heterocycles. The van der Waals surface area contributed by atoms with E-state index in [0.29, 0.717) is 17.6 Å². The minimum absolute atomic E-state index is 0.246. The summed E-state index contributed by atoms with van der Waals surface area (Å²) in [6.07, 6.45) is 5.08. The van der Waals surface area contributed by atoms with Crippen LogP contribution in [0.15, 0.2) is 18.5 Å². The van der Waals surface area contributed by atoms with Crippen LogP contribution in [0.1, 0.15) is 26.2 Å². The molecule has 24 heavy (non-hydrogen) atoms. The van der Waals surface area contributed by atoms with Gasteiger partial charge in [0.2, 0.25) is 0 Å². The third-order valence-corrected chi connectivity index (χ3v) is 5.45. The molecule has 2 aliphatic heterocycles. The number of ether oxygens (including phenoxy) is 1. The molecule has 0 amide bonds. The number of aromatic nitrogens is 2. The van der Waals surface area contributed by atoms with Crippen molar-refractivity contribution in [3.8, 4) is 5.75 Å². The van der Waals surface area contributed by atoms with Crippen LogP contribution in [0.4, 0.5) is 10.2 Å². The van der Waals surface area contributed by atoms with Crippen molar-refractivity contribution < 1.29 is 9.13 Å². The first-order valence-corrected chi connectivity index (χ1v) is 8.70. The highest BCUT2D eigenvalue weighted by molar-refractivity contribution is 5.91. The summed E-state index contributed by atoms with van der Waals surface area (Å²) < 4.78 is 19.2. The molecule has 6 heteroatoms. The fourth-order valence-corrected chi connectivity index (χ4v) is 4.18. The average Bonchev–Trinajstić information content (AvgIpc) is 2.88. The summed E-state index contributed by atoms with van der Waals surface area (Å²) in [5.41, 5.74) is 0.634. The van der Waals surface area contributed by atoms with E-state index in [2.05, 4.69) is 26.7 Å². The second-order valence-corrected chi connectivity index (χ2v) is 6.68. The van der Waals surface area contributed by atoms with E-state index in [-0.39, 0.29) is 11.6 Å². The summed E-state index contributed by atoms with van der Waals surface area (Å²) in [4.78, 5) is 13.8. The lowest BCUT2D eigenvalue weighted by Gasteiger charge is -2.30. The largest absolute Gasteiger partial charge is 0.494 e. The predicted octanol–water partition coefficient (Wildman–Crippen LogP) is 2.84. The minimum Gasteiger partial charge on any atom is -0.494 e. The normalized spacial score (nSPS) is 24.4. The number of nitrogens with zero attached hydrogens (tertiary/aromatic N) is 4. The predicted molar refractivity (Wildman–Crippen MR) is 92.1 cm³/mol. The first-order valence-electron chi connectivity index (χ1n) is 8.70. The SMILES string of the molecule is CCN1CCC2CCC(C1)N2c1ncnc2cc(F)c(OC)cc12. The molecule has 0 aliphatic carbocycles. The van der Waals surface area contributed by atoms with E-state index in [1.54, 1.807) is 12.4 Å². The number of methoxy groups -OCH3 is 1. The van der Waals surface area contributed by atoms with Crippen LogP contribution in [0, 0.1) is 5.82 Å². The number of benzene rings is 1. The Morgan fingerprint density at radius 3 is 2.83 bits per heavy atom. The molecular formula is C18H23FN4O. The Hall–Kier alpha value is -1.95. The van der Waals surface area contributed by atoms with Crippen LogP contribution in [-0.4, -0.2) is 53.7 Å². The van der Waals surface area contributed by atoms with Gasteiger partial charge in [0, 0.05) is 36.6 Å². The van der Waals surface area contributed by atoms with Crippen LogP contribution in [0.2, 0.25) is 0 Å². The maximum Gasteiger partial charge on any atom is 0.167 e. The van der Waals surface area contributed by atoms with Gasteiger partial charge in [-0.1, -0.05) is 6.92 Å². The zero-order chi connectivity index (χ0) is 16.7. The van der Waals surface area contributed by atoms with E-state index in [0.717, 1.165) is 37.3 Å². The van der Waals surface area contributed by atoms with Crippen molar-refractivity contribution >= 4 is 16.7 Å². The highest BCUT2D eigenvalue weighted by Gasteiger charge is 2.38. The van der Waals surface area contributed by atoms with Gasteiger partial charge in [-0.2, -0.15) is 0 Å². The zero-order valence-corrected chi connectivity index (χ0v) is 14.2. The maximum absolute atomic E-state index is 14.0. The summed E-state index contributed by atoms with van der Waals surface area (Å²) in [7, 11) is 1.49. The number of fused-ring (bicyclic) bond motifs is 3. The third-order valence-electron chi connectivity index (χ3n) is 5.45. The second-order valence-electron chi connectivity index (χ2n) is 6.68. The minimum atomic E-state index is -0.384. The van der Waals surface area contributed by atoms with E-state index in [1.165, 1.54) is 26.0 Å². The molecule has 2 bridgehead atoms. The Balaban J connectivity index is 1.81. The highest BCUT2D eigenvalue weighted by atomic mass is 19.1. The van der Waals surface area contributed by atoms with E-state index >= 15 is 0 Å². The molecule has 1 aromatic heterocycles. The molecule has 0 spiro atoms. The summed E-state index contributed by atoms with van der Waals surface area (Å²) in [5.74, 6) is 0.783. The van der Waals surface area contributed by atoms with Crippen LogP contribution >= 0.6 is 0 Å². The van der Waals surface area contributed by atoms with E-state index in [1.807, 2.05) is 0 Å². The second kappa shape index (κ2) is 6.16. The standard InChI is InChI=1S/C18H23FN4O/c1-3-22-7-6-12-4-5-13(10-22)23(12)18-14-8-17(24-2)15(19)9-16(14)20-11-21-18/h8-9,11-13H,3-7,10H2,1-2H3. The lowest BCUT2D eigenvalue weighted by Crippen LogP contribution is -2.39. The molecule has 0 radical (unpaired) electrons. The number of rotatable bonds is 3. The number of likely N-dealkylation sites (tertiary alicyclic amines) is 1. The van der Waals surface area contributed by atoms with Gasteiger partial charge in [0.05, 0.1) is 12.6 Å². The molecule has 2 aromatic rings. The fourth-order valence-electron chi connectivity index (χ4n) is 4.18. The molecule has 2 aliphatic rings. The highest BCUT2D eigenvalue weighted by Crippen LogP contribution is 2.38. The molecular weight excluding hydrogens is 307 g/mol. The quantitative estimate of drug-likeness (QED) is 0.866. The van der Waals surface area contributed by atoms with E-state index < -0.39 is 0 Å². The molecule has 2 atom stereocenters. The molecule has 2 fully saturated rings. The van der Waals surface area contributed by atoms with Gasteiger partial charge in [0.1, 0.15) is 12.1 Å². The Morgan fingerprint density at radius 2 is 2.04 bits per heavy atom. The first-order chi connectivity index (χ1) is 11.7. The molecule has 1 aromatic carbocycles. The van der Waals surface area contributed by atoms with Crippen LogP contribution in [0.25, 0.3) is 10.9 Å². The zero-order valence-electron chi connectivity index (χ0n) is 14.2. The molecule has 2 unspecified atom stereocenters. The van der Waals surface area contributed by atoms with Crippen LogP contribution in [0.3, 0.4) is 0 Å². The summed E-state index contributed by atoms with van der Waals surface area (Å²) in [6.45, 7) is 5.50. The fraction of sp³-hybridized carbons (Fsp3) is 0.556. The van der Waals surface area contributed by atoms with Gasteiger partial charge in [0.15, 0.2) is 11.6 Å². The van der Waals surface area contributed by atoms with Gasteiger partial charge in [-0.3, -0.25) is 0 Å². The first kappa shape index (κ1) is 15.6. The Bertz CT molecular complexity index is 753. The Morgan fingerprint density at radius 1 is 1.21 bits per heavy atom. The van der Waals surface area contributed by atoms with Crippen molar-refractivity contribution in [2.45, 2.75) is 38.3 Å². The molecule has 0 saturated carbocycles. The van der Waals surface area contributed by atoms with Crippen LogP contribution in [0.5, 0.6) is 5.75 Å². The summed E-state index contributed by atoms with van der Waals surface area (Å²) >= 11 is 0. The number of likely N-dealkylation sites (N-methyl/N-ethyl adjacent to an activating group) is 1. The smallest absolute Gasteiger partial charge is 0.167 e. The maximum atomic E-state index is 14.0. The van der Waals surface area contributed by atoms with Gasteiger partial charge >= 0.3 is 0 Å². The van der Waals surface area contributed by atoms with Crippen molar-refractivity contribution in [2.75, 3.05) is 31.6 Å². The van der Waals surface area contributed by atoms with Gasteiger partial charge in [0.25, 0.3) is 0 Å². The van der Waals surface area contributed by atoms with Crippen molar-refractivity contribution in [2.24, 2.45) is 0 Å². The van der Waals surface area contributed by atoms with E-state index in [9.17, 15) is 4.39 Å². The topological polar surface area (TPSA) is 41.5 Å². The number of hydrogen-bond acceptors (Lipinski definition) is 5. The van der Waals surface area contributed by atoms with Gasteiger partial charge < -0.3 is 14.5 Å². The van der Waals surface area contributed by atoms with Gasteiger partial charge in [-0.25, -0.2) is 14.4 Å². The van der Waals surface area contributed by atoms with Gasteiger partial charge in [-0.15, -0.1) is 0 Å². The average molecular weight is 330 g/mol. The van der Waals surface area contributed by atoms with Crippen molar-refractivity contribution in [1.82, 2.24) is 14.9 Å². The van der Waals surface area contributed by atoms with Crippen molar-refractivity contribution in [1.29, 1.82) is 0 Å². The molecule has 3 heterocycles. The summed E-state index contributed by atoms with van der Waals surface area (Å²) in [5, 5.41) is 0.873. The third kappa shape index (κ3) is 2.49. The lowest BCUT2D eigenvalue weighted by molar-refractivity contribution is 0.273. The molecule has 128 valence electrons. The Kier molecular flexibility index (Phi) is 4.00. The van der Waals surface area contributed by atoms with E-state index in [4.69, 9.17) is 4.74 Å².